The maximum atomic E-state index is 12.3. The summed E-state index contributed by atoms with van der Waals surface area (Å²) >= 11 is 0. The van der Waals surface area contributed by atoms with Crippen LogP contribution in [0.25, 0.3) is 6.08 Å². The van der Waals surface area contributed by atoms with Crippen LogP contribution in [0.15, 0.2) is 79.1 Å². The predicted octanol–water partition coefficient (Wildman–Crippen LogP) is 4.47. The van der Waals surface area contributed by atoms with Gasteiger partial charge in [0.25, 0.3) is 5.91 Å². The van der Waals surface area contributed by atoms with Crippen molar-refractivity contribution in [1.82, 2.24) is 10.3 Å². The number of aromatic nitrogens is 1. The van der Waals surface area contributed by atoms with E-state index in [9.17, 15) is 9.59 Å². The van der Waals surface area contributed by atoms with Gasteiger partial charge in [-0.25, -0.2) is 0 Å². The maximum absolute atomic E-state index is 12.3. The quantitative estimate of drug-likeness (QED) is 0.308. The number of nitrogens with zero attached hydrogens (tertiary/aromatic N) is 1. The first kappa shape index (κ1) is 24.7. The molecule has 0 aliphatic rings. The third kappa shape index (κ3) is 8.52. The zero-order chi connectivity index (χ0) is 24.0. The van der Waals surface area contributed by atoms with Crippen LogP contribution in [0.1, 0.15) is 34.8 Å². The highest BCUT2D eigenvalue weighted by atomic mass is 16.5. The van der Waals surface area contributed by atoms with E-state index >= 15 is 0 Å². The Labute approximate surface area is 199 Å². The second-order valence-corrected chi connectivity index (χ2v) is 7.43. The van der Waals surface area contributed by atoms with E-state index in [0.29, 0.717) is 37.6 Å². The Balaban J connectivity index is 1.47. The number of pyridine rings is 1. The number of hydrogen-bond donors (Lipinski definition) is 2. The number of benzene rings is 2. The molecule has 0 unspecified atom stereocenters. The molecule has 0 spiro atoms. The third-order valence-corrected chi connectivity index (χ3v) is 4.78. The van der Waals surface area contributed by atoms with Gasteiger partial charge in [0.15, 0.2) is 0 Å². The number of hydrogen-bond acceptors (Lipinski definition) is 5. The molecule has 34 heavy (non-hydrogen) atoms. The number of anilines is 1. The van der Waals surface area contributed by atoms with E-state index in [1.807, 2.05) is 43.3 Å². The minimum atomic E-state index is -0.286. The highest BCUT2D eigenvalue weighted by Gasteiger charge is 2.07. The van der Waals surface area contributed by atoms with Crippen molar-refractivity contribution in [1.29, 1.82) is 0 Å². The van der Waals surface area contributed by atoms with Crippen LogP contribution >= 0.6 is 0 Å². The van der Waals surface area contributed by atoms with Crippen LogP contribution in [-0.4, -0.2) is 36.6 Å². The SMILES string of the molecule is CCOCCCNC(=O)c1cccc(NC(=O)C=Cc2ccc(OCc3cccnc3)cc2)c1. The van der Waals surface area contributed by atoms with E-state index < -0.39 is 0 Å². The fourth-order valence-corrected chi connectivity index (χ4v) is 3.04. The number of amides is 2. The van der Waals surface area contributed by atoms with Crippen molar-refractivity contribution in [2.24, 2.45) is 0 Å². The summed E-state index contributed by atoms with van der Waals surface area (Å²) in [6, 6.07) is 18.1. The molecule has 1 heterocycles. The van der Waals surface area contributed by atoms with E-state index in [2.05, 4.69) is 15.6 Å². The van der Waals surface area contributed by atoms with Gasteiger partial charge in [0.05, 0.1) is 0 Å². The van der Waals surface area contributed by atoms with Crippen LogP contribution in [-0.2, 0) is 16.1 Å². The lowest BCUT2D eigenvalue weighted by Crippen LogP contribution is -2.25. The highest BCUT2D eigenvalue weighted by molar-refractivity contribution is 6.03. The lowest BCUT2D eigenvalue weighted by molar-refractivity contribution is -0.111. The predicted molar refractivity (Wildman–Crippen MR) is 133 cm³/mol. The molecule has 7 heteroatoms. The number of ether oxygens (including phenoxy) is 2. The first-order chi connectivity index (χ1) is 16.6. The van der Waals surface area contributed by atoms with Crippen molar-refractivity contribution >= 4 is 23.6 Å². The Bertz CT molecular complexity index is 1080. The van der Waals surface area contributed by atoms with Crippen LogP contribution in [0.5, 0.6) is 5.75 Å². The zero-order valence-electron chi connectivity index (χ0n) is 19.2. The summed E-state index contributed by atoms with van der Waals surface area (Å²) in [7, 11) is 0. The van der Waals surface area contributed by atoms with E-state index in [4.69, 9.17) is 9.47 Å². The molecule has 7 nitrogen and oxygen atoms in total. The molecule has 0 aliphatic heterocycles. The normalized spacial score (nSPS) is 10.7. The molecule has 0 saturated carbocycles. The Kier molecular flexibility index (Phi) is 9.83. The maximum Gasteiger partial charge on any atom is 0.251 e. The first-order valence-electron chi connectivity index (χ1n) is 11.2. The van der Waals surface area contributed by atoms with E-state index in [1.165, 1.54) is 6.08 Å². The summed E-state index contributed by atoms with van der Waals surface area (Å²) in [5.41, 5.74) is 2.89. The van der Waals surface area contributed by atoms with Gasteiger partial charge in [-0.1, -0.05) is 24.3 Å². The number of carbonyl (C=O) groups excluding carboxylic acids is 2. The van der Waals surface area contributed by atoms with Crippen LogP contribution in [0, 0.1) is 0 Å². The molecule has 0 radical (unpaired) electrons. The molecule has 0 bridgehead atoms. The molecular formula is C27H29N3O4. The molecular weight excluding hydrogens is 430 g/mol. The molecule has 176 valence electrons. The minimum Gasteiger partial charge on any atom is -0.489 e. The van der Waals surface area contributed by atoms with Gasteiger partial charge in [-0.3, -0.25) is 14.6 Å². The average molecular weight is 460 g/mol. The number of carbonyl (C=O) groups is 2. The van der Waals surface area contributed by atoms with Crippen molar-refractivity contribution in [2.75, 3.05) is 25.1 Å². The first-order valence-corrected chi connectivity index (χ1v) is 11.2. The molecule has 3 rings (SSSR count). The molecule has 2 N–H and O–H groups in total. The van der Waals surface area contributed by atoms with Crippen molar-refractivity contribution in [3.8, 4) is 5.75 Å². The second kappa shape index (κ2) is 13.5. The summed E-state index contributed by atoms with van der Waals surface area (Å²) in [5, 5.41) is 5.63. The monoisotopic (exact) mass is 459 g/mol. The summed E-state index contributed by atoms with van der Waals surface area (Å²) in [6.45, 7) is 4.18. The van der Waals surface area contributed by atoms with Gasteiger partial charge in [-0.05, 0) is 61.4 Å². The molecule has 2 aromatic carbocycles. The van der Waals surface area contributed by atoms with E-state index in [1.54, 1.807) is 42.7 Å². The molecule has 0 fully saturated rings. The molecule has 2 amide bonds. The van der Waals surface area contributed by atoms with Crippen molar-refractivity contribution < 1.29 is 19.1 Å². The molecule has 0 saturated heterocycles. The van der Waals surface area contributed by atoms with E-state index in [0.717, 1.165) is 23.3 Å². The Morgan fingerprint density at radius 3 is 2.68 bits per heavy atom. The largest absolute Gasteiger partial charge is 0.489 e. The molecule has 0 atom stereocenters. The van der Waals surface area contributed by atoms with Crippen LogP contribution < -0.4 is 15.4 Å². The smallest absolute Gasteiger partial charge is 0.251 e. The van der Waals surface area contributed by atoms with Crippen molar-refractivity contribution in [3.63, 3.8) is 0 Å². The average Bonchev–Trinajstić information content (AvgIpc) is 2.87. The molecule has 1 aromatic heterocycles. The summed E-state index contributed by atoms with van der Waals surface area (Å²) in [6.07, 6.45) is 7.41. The van der Waals surface area contributed by atoms with Crippen molar-refractivity contribution in [2.45, 2.75) is 20.0 Å². The minimum absolute atomic E-state index is 0.186. The lowest BCUT2D eigenvalue weighted by atomic mass is 10.1. The Hall–Kier alpha value is -3.97. The summed E-state index contributed by atoms with van der Waals surface area (Å²) < 4.78 is 11.0. The lowest BCUT2D eigenvalue weighted by Gasteiger charge is -2.08. The fraction of sp³-hybridized carbons (Fsp3) is 0.222. The number of nitrogens with one attached hydrogen (secondary N) is 2. The van der Waals surface area contributed by atoms with Gasteiger partial charge in [-0.15, -0.1) is 0 Å². The van der Waals surface area contributed by atoms with Crippen LogP contribution in [0.3, 0.4) is 0 Å². The van der Waals surface area contributed by atoms with Gasteiger partial charge >= 0.3 is 0 Å². The van der Waals surface area contributed by atoms with Gasteiger partial charge in [0.1, 0.15) is 12.4 Å². The fourth-order valence-electron chi connectivity index (χ4n) is 3.04. The van der Waals surface area contributed by atoms with E-state index in [-0.39, 0.29) is 11.8 Å². The molecule has 3 aromatic rings. The second-order valence-electron chi connectivity index (χ2n) is 7.43. The topological polar surface area (TPSA) is 89.6 Å². The highest BCUT2D eigenvalue weighted by Crippen LogP contribution is 2.15. The van der Waals surface area contributed by atoms with Gasteiger partial charge in [-0.2, -0.15) is 0 Å². The van der Waals surface area contributed by atoms with Crippen LogP contribution in [0.4, 0.5) is 5.69 Å². The molecule has 0 aliphatic carbocycles. The zero-order valence-corrected chi connectivity index (χ0v) is 19.2. The summed E-state index contributed by atoms with van der Waals surface area (Å²) in [5.74, 6) is 0.263. The Morgan fingerprint density at radius 1 is 1.06 bits per heavy atom. The van der Waals surface area contributed by atoms with Gasteiger partial charge in [0, 0.05) is 55.0 Å². The van der Waals surface area contributed by atoms with Gasteiger partial charge < -0.3 is 20.1 Å². The Morgan fingerprint density at radius 2 is 1.91 bits per heavy atom. The number of rotatable bonds is 12. The summed E-state index contributed by atoms with van der Waals surface area (Å²) in [4.78, 5) is 28.7. The van der Waals surface area contributed by atoms with Gasteiger partial charge in [0.2, 0.25) is 5.91 Å². The standard InChI is InChI=1S/C27H29N3O4/c1-2-33-17-5-16-29-27(32)23-7-3-8-24(18-23)30-26(31)14-11-21-9-12-25(13-10-21)34-20-22-6-4-15-28-19-22/h3-4,6-15,18-19H,2,5,16-17,20H2,1H3,(H,29,32)(H,30,31). The third-order valence-electron chi connectivity index (χ3n) is 4.78. The van der Waals surface area contributed by atoms with Crippen LogP contribution in [0.2, 0.25) is 0 Å². The van der Waals surface area contributed by atoms with Crippen molar-refractivity contribution in [3.05, 3.63) is 95.8 Å².